The molecule has 1 aliphatic carbocycles. The zero-order chi connectivity index (χ0) is 15.9. The molecule has 6 nitrogen and oxygen atoms in total. The van der Waals surface area contributed by atoms with Crippen molar-refractivity contribution in [3.63, 3.8) is 0 Å². The van der Waals surface area contributed by atoms with E-state index in [2.05, 4.69) is 15.4 Å². The van der Waals surface area contributed by atoms with E-state index < -0.39 is 0 Å². The van der Waals surface area contributed by atoms with Gasteiger partial charge in [0.25, 0.3) is 5.91 Å². The standard InChI is InChI=1S/C16H23N5O/c1-9-7-10(2)21-15(18-9)14(11(3)20-21)16(22)19-13-6-4-5-12(13)8-17/h7,12-13H,4-6,8,17H2,1-3H3,(H,19,22)/t12-,13+/m0/s1. The van der Waals surface area contributed by atoms with Gasteiger partial charge in [0.05, 0.1) is 5.69 Å². The minimum absolute atomic E-state index is 0.0876. The lowest BCUT2D eigenvalue weighted by Crippen LogP contribution is -2.40. The first kappa shape index (κ1) is 15.0. The van der Waals surface area contributed by atoms with E-state index in [-0.39, 0.29) is 11.9 Å². The van der Waals surface area contributed by atoms with E-state index in [1.807, 2.05) is 26.8 Å². The van der Waals surface area contributed by atoms with Crippen molar-refractivity contribution < 1.29 is 4.79 Å². The number of nitrogens with one attached hydrogen (secondary N) is 1. The summed E-state index contributed by atoms with van der Waals surface area (Å²) in [5.74, 6) is 0.290. The number of rotatable bonds is 3. The van der Waals surface area contributed by atoms with Gasteiger partial charge in [-0.05, 0) is 52.1 Å². The molecule has 1 saturated carbocycles. The maximum Gasteiger partial charge on any atom is 0.257 e. The van der Waals surface area contributed by atoms with E-state index in [1.165, 1.54) is 0 Å². The zero-order valence-corrected chi connectivity index (χ0v) is 13.4. The Morgan fingerprint density at radius 1 is 1.41 bits per heavy atom. The highest BCUT2D eigenvalue weighted by Crippen LogP contribution is 2.25. The fraction of sp³-hybridized carbons (Fsp3) is 0.562. The third-order valence-electron chi connectivity index (χ3n) is 4.58. The smallest absolute Gasteiger partial charge is 0.257 e. The van der Waals surface area contributed by atoms with Gasteiger partial charge in [-0.25, -0.2) is 9.50 Å². The molecule has 2 aromatic heterocycles. The summed E-state index contributed by atoms with van der Waals surface area (Å²) in [5.41, 5.74) is 9.59. The largest absolute Gasteiger partial charge is 0.349 e. The van der Waals surface area contributed by atoms with Gasteiger partial charge < -0.3 is 11.1 Å². The molecule has 118 valence electrons. The summed E-state index contributed by atoms with van der Waals surface area (Å²) in [6, 6.07) is 2.13. The molecule has 1 fully saturated rings. The summed E-state index contributed by atoms with van der Waals surface area (Å²) in [6.45, 7) is 6.37. The predicted octanol–water partition coefficient (Wildman–Crippen LogP) is 1.51. The molecule has 0 saturated heterocycles. The van der Waals surface area contributed by atoms with Gasteiger partial charge in [-0.15, -0.1) is 0 Å². The summed E-state index contributed by atoms with van der Waals surface area (Å²) in [7, 11) is 0. The monoisotopic (exact) mass is 301 g/mol. The number of nitrogens with two attached hydrogens (primary N) is 1. The minimum atomic E-state index is -0.0876. The van der Waals surface area contributed by atoms with Crippen molar-refractivity contribution in [3.05, 3.63) is 28.7 Å². The highest BCUT2D eigenvalue weighted by molar-refractivity contribution is 6.01. The van der Waals surface area contributed by atoms with Gasteiger partial charge in [-0.2, -0.15) is 5.10 Å². The Kier molecular flexibility index (Phi) is 3.87. The van der Waals surface area contributed by atoms with Crippen LogP contribution in [-0.4, -0.2) is 33.1 Å². The second-order valence-electron chi connectivity index (χ2n) is 6.24. The third kappa shape index (κ3) is 2.47. The number of nitrogens with zero attached hydrogens (tertiary/aromatic N) is 3. The van der Waals surface area contributed by atoms with Gasteiger partial charge in [-0.1, -0.05) is 6.42 Å². The maximum absolute atomic E-state index is 12.7. The Balaban J connectivity index is 1.95. The van der Waals surface area contributed by atoms with Crippen molar-refractivity contribution >= 4 is 11.6 Å². The van der Waals surface area contributed by atoms with Crippen molar-refractivity contribution in [2.45, 2.75) is 46.1 Å². The van der Waals surface area contributed by atoms with Crippen molar-refractivity contribution in [1.82, 2.24) is 19.9 Å². The normalized spacial score (nSPS) is 21.5. The predicted molar refractivity (Wildman–Crippen MR) is 84.8 cm³/mol. The number of hydrogen-bond donors (Lipinski definition) is 2. The molecule has 0 unspecified atom stereocenters. The van der Waals surface area contributed by atoms with Crippen LogP contribution in [0.5, 0.6) is 0 Å². The molecule has 22 heavy (non-hydrogen) atoms. The van der Waals surface area contributed by atoms with Crippen LogP contribution in [0.4, 0.5) is 0 Å². The topological polar surface area (TPSA) is 85.3 Å². The van der Waals surface area contributed by atoms with Crippen LogP contribution < -0.4 is 11.1 Å². The Hall–Kier alpha value is -1.95. The van der Waals surface area contributed by atoms with Gasteiger partial charge in [0.15, 0.2) is 5.65 Å². The molecule has 1 amide bonds. The molecule has 0 spiro atoms. The molecule has 6 heteroatoms. The summed E-state index contributed by atoms with van der Waals surface area (Å²) in [4.78, 5) is 17.2. The van der Waals surface area contributed by atoms with Crippen LogP contribution >= 0.6 is 0 Å². The van der Waals surface area contributed by atoms with Crippen molar-refractivity contribution in [1.29, 1.82) is 0 Å². The lowest BCUT2D eigenvalue weighted by atomic mass is 10.0. The molecule has 2 atom stereocenters. The maximum atomic E-state index is 12.7. The number of hydrogen-bond acceptors (Lipinski definition) is 4. The van der Waals surface area contributed by atoms with Crippen molar-refractivity contribution in [2.75, 3.05) is 6.54 Å². The number of amides is 1. The molecule has 0 aliphatic heterocycles. The molecule has 0 radical (unpaired) electrons. The van der Waals surface area contributed by atoms with E-state index in [9.17, 15) is 4.79 Å². The summed E-state index contributed by atoms with van der Waals surface area (Å²) < 4.78 is 1.74. The van der Waals surface area contributed by atoms with Crippen LogP contribution in [0.25, 0.3) is 5.65 Å². The number of fused-ring (bicyclic) bond motifs is 1. The summed E-state index contributed by atoms with van der Waals surface area (Å²) in [5, 5.41) is 7.60. The third-order valence-corrected chi connectivity index (χ3v) is 4.58. The van der Waals surface area contributed by atoms with Gasteiger partial charge in [0.2, 0.25) is 0 Å². The number of aryl methyl sites for hydroxylation is 3. The van der Waals surface area contributed by atoms with Crippen LogP contribution in [0, 0.1) is 26.7 Å². The first-order valence-corrected chi connectivity index (χ1v) is 7.85. The minimum Gasteiger partial charge on any atom is -0.349 e. The van der Waals surface area contributed by atoms with E-state index in [4.69, 9.17) is 5.73 Å². The highest BCUT2D eigenvalue weighted by atomic mass is 16.1. The summed E-state index contributed by atoms with van der Waals surface area (Å²) in [6.07, 6.45) is 3.21. The van der Waals surface area contributed by atoms with Crippen LogP contribution in [0.15, 0.2) is 6.07 Å². The molecular weight excluding hydrogens is 278 g/mol. The zero-order valence-electron chi connectivity index (χ0n) is 13.4. The number of carbonyl (C=O) groups excluding carboxylic acids is 1. The quantitative estimate of drug-likeness (QED) is 0.900. The van der Waals surface area contributed by atoms with Gasteiger partial charge in [0.1, 0.15) is 5.56 Å². The lowest BCUT2D eigenvalue weighted by Gasteiger charge is -2.19. The van der Waals surface area contributed by atoms with E-state index in [0.717, 1.165) is 30.7 Å². The average Bonchev–Trinajstić information content (AvgIpc) is 3.02. The Bertz CT molecular complexity index is 721. The molecular formula is C16H23N5O. The van der Waals surface area contributed by atoms with E-state index >= 15 is 0 Å². The van der Waals surface area contributed by atoms with Crippen LogP contribution in [-0.2, 0) is 0 Å². The van der Waals surface area contributed by atoms with Crippen LogP contribution in [0.2, 0.25) is 0 Å². The summed E-state index contributed by atoms with van der Waals surface area (Å²) >= 11 is 0. The van der Waals surface area contributed by atoms with E-state index in [0.29, 0.717) is 29.4 Å². The number of carbonyl (C=O) groups is 1. The van der Waals surface area contributed by atoms with Crippen molar-refractivity contribution in [3.8, 4) is 0 Å². The van der Waals surface area contributed by atoms with Crippen molar-refractivity contribution in [2.24, 2.45) is 11.7 Å². The first-order valence-electron chi connectivity index (χ1n) is 7.85. The van der Waals surface area contributed by atoms with Gasteiger partial charge in [-0.3, -0.25) is 4.79 Å². The highest BCUT2D eigenvalue weighted by Gasteiger charge is 2.29. The lowest BCUT2D eigenvalue weighted by molar-refractivity contribution is 0.0929. The Morgan fingerprint density at radius 2 is 2.18 bits per heavy atom. The molecule has 0 bridgehead atoms. The Morgan fingerprint density at radius 3 is 2.91 bits per heavy atom. The van der Waals surface area contributed by atoms with Gasteiger partial charge >= 0.3 is 0 Å². The molecule has 1 aliphatic rings. The Labute approximate surface area is 130 Å². The second kappa shape index (κ2) is 5.68. The molecule has 3 rings (SSSR count). The molecule has 2 heterocycles. The SMILES string of the molecule is Cc1cc(C)n2nc(C)c(C(=O)N[C@@H]3CCC[C@H]3CN)c2n1. The number of aromatic nitrogens is 3. The first-order chi connectivity index (χ1) is 10.5. The van der Waals surface area contributed by atoms with Gasteiger partial charge in [0, 0.05) is 17.4 Å². The average molecular weight is 301 g/mol. The fourth-order valence-corrected chi connectivity index (χ4v) is 3.44. The van der Waals surface area contributed by atoms with Crippen LogP contribution in [0.1, 0.15) is 46.7 Å². The van der Waals surface area contributed by atoms with E-state index in [1.54, 1.807) is 4.52 Å². The molecule has 3 N–H and O–H groups in total. The fourth-order valence-electron chi connectivity index (χ4n) is 3.44. The molecule has 2 aromatic rings. The second-order valence-corrected chi connectivity index (χ2v) is 6.24. The van der Waals surface area contributed by atoms with Crippen LogP contribution in [0.3, 0.4) is 0 Å². The molecule has 0 aromatic carbocycles.